The van der Waals surface area contributed by atoms with E-state index in [9.17, 15) is 4.79 Å². The van der Waals surface area contributed by atoms with Crippen LogP contribution in [0, 0.1) is 0 Å². The van der Waals surface area contributed by atoms with Gasteiger partial charge in [0.25, 0.3) is 0 Å². The standard InChI is InChI=1S/C22H27N3O4.ClH/c1-27-19-6-3-2-5-17(19)18-14-23-9-10-25(18)15-22(26)24-16-7-8-20-21(13-16)29-12-4-11-28-20;/h2-3,5-8,13,18,23H,4,9-12,14-15H2,1H3,(H,24,26);1H. The number of benzene rings is 2. The average molecular weight is 434 g/mol. The van der Waals surface area contributed by atoms with Gasteiger partial charge in [-0.15, -0.1) is 12.4 Å². The molecule has 0 radical (unpaired) electrons. The third-order valence-corrected chi connectivity index (χ3v) is 5.23. The number of para-hydroxylation sites is 1. The second-order valence-electron chi connectivity index (χ2n) is 7.19. The molecule has 2 aromatic rings. The van der Waals surface area contributed by atoms with Gasteiger partial charge in [0.05, 0.1) is 32.9 Å². The van der Waals surface area contributed by atoms with E-state index < -0.39 is 0 Å². The molecule has 2 aliphatic heterocycles. The summed E-state index contributed by atoms with van der Waals surface area (Å²) < 4.78 is 16.9. The zero-order valence-corrected chi connectivity index (χ0v) is 17.9. The number of carbonyl (C=O) groups is 1. The highest BCUT2D eigenvalue weighted by atomic mass is 35.5. The van der Waals surface area contributed by atoms with E-state index in [0.717, 1.165) is 43.1 Å². The molecule has 0 aliphatic carbocycles. The lowest BCUT2D eigenvalue weighted by molar-refractivity contribution is -0.118. The number of halogens is 1. The average Bonchev–Trinajstić information content (AvgIpc) is 2.99. The first kappa shape index (κ1) is 22.2. The highest BCUT2D eigenvalue weighted by Crippen LogP contribution is 2.33. The fourth-order valence-electron chi connectivity index (χ4n) is 3.81. The van der Waals surface area contributed by atoms with Crippen molar-refractivity contribution in [3.05, 3.63) is 48.0 Å². The molecule has 0 aromatic heterocycles. The topological polar surface area (TPSA) is 72.1 Å². The van der Waals surface area contributed by atoms with Crippen LogP contribution in [0.1, 0.15) is 18.0 Å². The van der Waals surface area contributed by atoms with Crippen molar-refractivity contribution >= 4 is 24.0 Å². The van der Waals surface area contributed by atoms with Gasteiger partial charge in [-0.1, -0.05) is 18.2 Å². The number of fused-ring (bicyclic) bond motifs is 1. The van der Waals surface area contributed by atoms with Gasteiger partial charge in [0.15, 0.2) is 11.5 Å². The molecule has 2 aromatic carbocycles. The number of ether oxygens (including phenoxy) is 3. The molecule has 0 spiro atoms. The first-order valence-corrected chi connectivity index (χ1v) is 10.0. The smallest absolute Gasteiger partial charge is 0.238 e. The van der Waals surface area contributed by atoms with Crippen molar-refractivity contribution in [3.63, 3.8) is 0 Å². The third-order valence-electron chi connectivity index (χ3n) is 5.23. The molecule has 2 aliphatic rings. The molecule has 8 heteroatoms. The van der Waals surface area contributed by atoms with Crippen LogP contribution in [-0.2, 0) is 4.79 Å². The van der Waals surface area contributed by atoms with E-state index in [1.807, 2.05) is 36.4 Å². The number of methoxy groups -OCH3 is 1. The fraction of sp³-hybridized carbons (Fsp3) is 0.409. The van der Waals surface area contributed by atoms with Crippen LogP contribution in [0.5, 0.6) is 17.2 Å². The van der Waals surface area contributed by atoms with Crippen molar-refractivity contribution in [1.29, 1.82) is 0 Å². The maximum absolute atomic E-state index is 12.8. The van der Waals surface area contributed by atoms with Gasteiger partial charge in [0, 0.05) is 43.4 Å². The lowest BCUT2D eigenvalue weighted by Crippen LogP contribution is -2.48. The molecule has 0 bridgehead atoms. The summed E-state index contributed by atoms with van der Waals surface area (Å²) in [7, 11) is 1.68. The Labute approximate surface area is 183 Å². The Morgan fingerprint density at radius 1 is 1.20 bits per heavy atom. The maximum Gasteiger partial charge on any atom is 0.238 e. The number of nitrogens with one attached hydrogen (secondary N) is 2. The van der Waals surface area contributed by atoms with E-state index in [2.05, 4.69) is 21.6 Å². The van der Waals surface area contributed by atoms with E-state index in [1.165, 1.54) is 0 Å². The van der Waals surface area contributed by atoms with Gasteiger partial charge in [0.2, 0.25) is 5.91 Å². The van der Waals surface area contributed by atoms with Crippen LogP contribution < -0.4 is 24.8 Å². The number of amides is 1. The first-order chi connectivity index (χ1) is 14.2. The summed E-state index contributed by atoms with van der Waals surface area (Å²) in [5, 5.41) is 6.41. The Morgan fingerprint density at radius 2 is 2.00 bits per heavy atom. The number of hydrogen-bond acceptors (Lipinski definition) is 6. The first-order valence-electron chi connectivity index (χ1n) is 10.0. The van der Waals surface area contributed by atoms with Crippen molar-refractivity contribution in [2.75, 3.05) is 51.8 Å². The number of nitrogens with zero attached hydrogens (tertiary/aromatic N) is 1. The maximum atomic E-state index is 12.8. The normalized spacial score (nSPS) is 18.6. The van der Waals surface area contributed by atoms with E-state index in [1.54, 1.807) is 7.11 Å². The Morgan fingerprint density at radius 3 is 2.83 bits per heavy atom. The number of piperazine rings is 1. The van der Waals surface area contributed by atoms with Crippen molar-refractivity contribution in [1.82, 2.24) is 10.2 Å². The molecule has 1 saturated heterocycles. The fourth-order valence-corrected chi connectivity index (χ4v) is 3.81. The van der Waals surface area contributed by atoms with Crippen molar-refractivity contribution in [2.45, 2.75) is 12.5 Å². The van der Waals surface area contributed by atoms with Crippen LogP contribution in [0.4, 0.5) is 5.69 Å². The van der Waals surface area contributed by atoms with Crippen LogP contribution in [-0.4, -0.2) is 57.3 Å². The van der Waals surface area contributed by atoms with Gasteiger partial charge in [-0.05, 0) is 18.2 Å². The van der Waals surface area contributed by atoms with Gasteiger partial charge in [0.1, 0.15) is 5.75 Å². The van der Waals surface area contributed by atoms with E-state index in [4.69, 9.17) is 14.2 Å². The molecule has 30 heavy (non-hydrogen) atoms. The lowest BCUT2D eigenvalue weighted by Gasteiger charge is -2.36. The largest absolute Gasteiger partial charge is 0.496 e. The van der Waals surface area contributed by atoms with Crippen molar-refractivity contribution < 1.29 is 19.0 Å². The monoisotopic (exact) mass is 433 g/mol. The van der Waals surface area contributed by atoms with Crippen LogP contribution in [0.25, 0.3) is 0 Å². The van der Waals surface area contributed by atoms with Gasteiger partial charge in [-0.2, -0.15) is 0 Å². The van der Waals surface area contributed by atoms with Gasteiger partial charge < -0.3 is 24.8 Å². The Kier molecular flexibility index (Phi) is 7.79. The van der Waals surface area contributed by atoms with Crippen LogP contribution in [0.15, 0.2) is 42.5 Å². The minimum Gasteiger partial charge on any atom is -0.496 e. The molecule has 7 nitrogen and oxygen atoms in total. The molecule has 1 unspecified atom stereocenters. The van der Waals surface area contributed by atoms with Gasteiger partial charge in [-0.3, -0.25) is 9.69 Å². The summed E-state index contributed by atoms with van der Waals surface area (Å²) in [6.45, 7) is 3.98. The van der Waals surface area contributed by atoms with Gasteiger partial charge in [-0.25, -0.2) is 0 Å². The Bertz CT molecular complexity index is 864. The summed E-state index contributed by atoms with van der Waals surface area (Å²) in [5.41, 5.74) is 1.80. The molecule has 2 heterocycles. The van der Waals surface area contributed by atoms with E-state index in [-0.39, 0.29) is 24.4 Å². The highest BCUT2D eigenvalue weighted by Gasteiger charge is 2.27. The zero-order chi connectivity index (χ0) is 20.1. The minimum atomic E-state index is -0.0544. The Balaban J connectivity index is 0.00000256. The lowest BCUT2D eigenvalue weighted by atomic mass is 10.0. The molecule has 4 rings (SSSR count). The number of rotatable bonds is 5. The molecule has 2 N–H and O–H groups in total. The SMILES string of the molecule is COc1ccccc1C1CNCCN1CC(=O)Nc1ccc2c(c1)OCCCO2.Cl. The molecular formula is C22H28ClN3O4. The predicted molar refractivity (Wildman–Crippen MR) is 118 cm³/mol. The van der Waals surface area contributed by atoms with Crippen LogP contribution in [0.3, 0.4) is 0 Å². The third kappa shape index (κ3) is 5.16. The quantitative estimate of drug-likeness (QED) is 0.755. The van der Waals surface area contributed by atoms with E-state index >= 15 is 0 Å². The summed E-state index contributed by atoms with van der Waals surface area (Å²) in [5.74, 6) is 2.18. The van der Waals surface area contributed by atoms with E-state index in [0.29, 0.717) is 31.2 Å². The highest BCUT2D eigenvalue weighted by molar-refractivity contribution is 5.92. The zero-order valence-electron chi connectivity index (χ0n) is 17.1. The summed E-state index contributed by atoms with van der Waals surface area (Å²) in [6.07, 6.45) is 0.851. The summed E-state index contributed by atoms with van der Waals surface area (Å²) in [4.78, 5) is 15.0. The molecular weight excluding hydrogens is 406 g/mol. The predicted octanol–water partition coefficient (Wildman–Crippen LogP) is 2.86. The molecule has 1 atom stereocenters. The summed E-state index contributed by atoms with van der Waals surface area (Å²) >= 11 is 0. The van der Waals surface area contributed by atoms with Crippen molar-refractivity contribution in [2.24, 2.45) is 0 Å². The molecule has 1 fully saturated rings. The molecule has 1 amide bonds. The number of carbonyl (C=O) groups excluding carboxylic acids is 1. The second-order valence-corrected chi connectivity index (χ2v) is 7.19. The molecule has 0 saturated carbocycles. The number of hydrogen-bond donors (Lipinski definition) is 2. The van der Waals surface area contributed by atoms with Crippen LogP contribution >= 0.6 is 12.4 Å². The summed E-state index contributed by atoms with van der Waals surface area (Å²) in [6, 6.07) is 13.6. The minimum absolute atomic E-state index is 0. The van der Waals surface area contributed by atoms with Gasteiger partial charge >= 0.3 is 0 Å². The molecule has 162 valence electrons. The Hall–Kier alpha value is -2.48. The van der Waals surface area contributed by atoms with Crippen molar-refractivity contribution in [3.8, 4) is 17.2 Å². The number of anilines is 1. The van der Waals surface area contributed by atoms with Crippen LogP contribution in [0.2, 0.25) is 0 Å². The second kappa shape index (κ2) is 10.5.